The number of nitrogens with one attached hydrogen (secondary N) is 1. The molecule has 1 aliphatic heterocycles. The normalized spacial score (nSPS) is 19.6. The van der Waals surface area contributed by atoms with Crippen LogP contribution in [0.4, 0.5) is 5.13 Å². The van der Waals surface area contributed by atoms with E-state index in [0.717, 1.165) is 10.6 Å². The second-order valence-electron chi connectivity index (χ2n) is 5.06. The number of rotatable bonds is 2. The van der Waals surface area contributed by atoms with Crippen LogP contribution in [0.5, 0.6) is 0 Å². The van der Waals surface area contributed by atoms with E-state index in [9.17, 15) is 8.42 Å². The molecule has 4 nitrogen and oxygen atoms in total. The summed E-state index contributed by atoms with van der Waals surface area (Å²) in [5.41, 5.74) is 2.23. The molecule has 102 valence electrons. The number of benzene rings is 1. The van der Waals surface area contributed by atoms with E-state index in [-0.39, 0.29) is 17.5 Å². The molecule has 3 rings (SSSR count). The lowest BCUT2D eigenvalue weighted by Crippen LogP contribution is -2.32. The molecule has 0 spiro atoms. The van der Waals surface area contributed by atoms with Crippen molar-refractivity contribution in [3.05, 3.63) is 23.8 Å². The molecule has 0 aliphatic carbocycles. The summed E-state index contributed by atoms with van der Waals surface area (Å²) in [5, 5.41) is 4.26. The van der Waals surface area contributed by atoms with Gasteiger partial charge in [0.2, 0.25) is 0 Å². The molecule has 1 aromatic carbocycles. The highest BCUT2D eigenvalue weighted by Gasteiger charge is 2.24. The molecule has 2 heterocycles. The summed E-state index contributed by atoms with van der Waals surface area (Å²) in [4.78, 5) is 4.54. The molecule has 1 aliphatic rings. The average Bonchev–Trinajstić information content (AvgIpc) is 2.73. The van der Waals surface area contributed by atoms with E-state index in [0.29, 0.717) is 12.8 Å². The summed E-state index contributed by atoms with van der Waals surface area (Å²) in [6.07, 6.45) is 1.36. The lowest BCUT2D eigenvalue weighted by Gasteiger charge is -2.22. The topological polar surface area (TPSA) is 59.1 Å². The quantitative estimate of drug-likeness (QED) is 0.925. The van der Waals surface area contributed by atoms with Gasteiger partial charge >= 0.3 is 0 Å². The molecular formula is C13H16N2O2S2. The second kappa shape index (κ2) is 4.76. The molecule has 0 bridgehead atoms. The van der Waals surface area contributed by atoms with Crippen molar-refractivity contribution in [1.29, 1.82) is 0 Å². The number of aromatic nitrogens is 1. The van der Waals surface area contributed by atoms with E-state index in [2.05, 4.69) is 29.4 Å². The lowest BCUT2D eigenvalue weighted by molar-refractivity contribution is 0.559. The standard InChI is InChI=1S/C13H16N2O2S2/c1-9-2-3-11-12(8-9)18-13(15-11)14-10-4-6-19(16,17)7-5-10/h2-3,8,10H,4-7H2,1H3,(H,14,15). The fourth-order valence-corrected chi connectivity index (χ4v) is 4.83. The molecule has 0 saturated carbocycles. The number of nitrogens with zero attached hydrogens (tertiary/aromatic N) is 1. The van der Waals surface area contributed by atoms with Gasteiger partial charge in [0.15, 0.2) is 5.13 Å². The van der Waals surface area contributed by atoms with Crippen molar-refractivity contribution < 1.29 is 8.42 Å². The van der Waals surface area contributed by atoms with Crippen molar-refractivity contribution in [3.8, 4) is 0 Å². The van der Waals surface area contributed by atoms with Crippen LogP contribution < -0.4 is 5.32 Å². The van der Waals surface area contributed by atoms with Gasteiger partial charge in [-0.1, -0.05) is 17.4 Å². The maximum atomic E-state index is 11.4. The summed E-state index contributed by atoms with van der Waals surface area (Å²) in [5.74, 6) is 0.573. The minimum atomic E-state index is -2.80. The highest BCUT2D eigenvalue weighted by atomic mass is 32.2. The summed E-state index contributed by atoms with van der Waals surface area (Å²) in [6, 6.07) is 6.44. The van der Waals surface area contributed by atoms with Gasteiger partial charge in [0.05, 0.1) is 21.7 Å². The van der Waals surface area contributed by atoms with Crippen LogP contribution in [0.1, 0.15) is 18.4 Å². The SMILES string of the molecule is Cc1ccc2nc(NC3CCS(=O)(=O)CC3)sc2c1. The predicted octanol–water partition coefficient (Wildman–Crippen LogP) is 2.59. The van der Waals surface area contributed by atoms with Gasteiger partial charge in [-0.3, -0.25) is 0 Å². The maximum Gasteiger partial charge on any atom is 0.184 e. The monoisotopic (exact) mass is 296 g/mol. The van der Waals surface area contributed by atoms with Gasteiger partial charge in [-0.05, 0) is 37.5 Å². The summed E-state index contributed by atoms with van der Waals surface area (Å²) in [7, 11) is -2.80. The number of aryl methyl sites for hydroxylation is 1. The third kappa shape index (κ3) is 2.90. The number of anilines is 1. The van der Waals surface area contributed by atoms with Gasteiger partial charge in [0, 0.05) is 6.04 Å². The van der Waals surface area contributed by atoms with Crippen molar-refractivity contribution in [2.45, 2.75) is 25.8 Å². The minimum Gasteiger partial charge on any atom is -0.359 e. The minimum absolute atomic E-state index is 0.227. The largest absolute Gasteiger partial charge is 0.359 e. The molecular weight excluding hydrogens is 280 g/mol. The Hall–Kier alpha value is -1.14. The number of thiazole rings is 1. The number of fused-ring (bicyclic) bond motifs is 1. The molecule has 2 aromatic rings. The number of hydrogen-bond acceptors (Lipinski definition) is 5. The van der Waals surface area contributed by atoms with E-state index in [1.54, 1.807) is 11.3 Å². The first kappa shape index (κ1) is 12.9. The van der Waals surface area contributed by atoms with Gasteiger partial charge < -0.3 is 5.32 Å². The van der Waals surface area contributed by atoms with Crippen molar-refractivity contribution in [2.24, 2.45) is 0 Å². The Kier molecular flexibility index (Phi) is 3.22. The molecule has 0 unspecified atom stereocenters. The van der Waals surface area contributed by atoms with E-state index in [1.165, 1.54) is 10.3 Å². The Balaban J connectivity index is 1.75. The Bertz CT molecular complexity index is 693. The zero-order valence-corrected chi connectivity index (χ0v) is 12.4. The number of hydrogen-bond donors (Lipinski definition) is 1. The number of sulfone groups is 1. The van der Waals surface area contributed by atoms with Crippen LogP contribution in [-0.4, -0.2) is 30.9 Å². The van der Waals surface area contributed by atoms with Crippen LogP contribution in [0.25, 0.3) is 10.2 Å². The molecule has 0 amide bonds. The van der Waals surface area contributed by atoms with Crippen LogP contribution in [0.2, 0.25) is 0 Å². The fraction of sp³-hybridized carbons (Fsp3) is 0.462. The first-order valence-corrected chi connectivity index (χ1v) is 9.00. The molecule has 1 N–H and O–H groups in total. The molecule has 19 heavy (non-hydrogen) atoms. The van der Waals surface area contributed by atoms with Gasteiger partial charge in [-0.2, -0.15) is 0 Å². The van der Waals surface area contributed by atoms with E-state index in [1.807, 2.05) is 6.07 Å². The molecule has 6 heteroatoms. The summed E-state index contributed by atoms with van der Waals surface area (Å²) < 4.78 is 23.9. The van der Waals surface area contributed by atoms with Crippen LogP contribution in [0, 0.1) is 6.92 Å². The van der Waals surface area contributed by atoms with Gasteiger partial charge in [-0.25, -0.2) is 13.4 Å². The molecule has 1 aromatic heterocycles. The zero-order chi connectivity index (χ0) is 13.5. The van der Waals surface area contributed by atoms with Crippen molar-refractivity contribution in [1.82, 2.24) is 4.98 Å². The maximum absolute atomic E-state index is 11.4. The molecule has 1 fully saturated rings. The zero-order valence-electron chi connectivity index (χ0n) is 10.7. The Morgan fingerprint density at radius 3 is 2.79 bits per heavy atom. The van der Waals surface area contributed by atoms with Crippen LogP contribution >= 0.6 is 11.3 Å². The summed E-state index contributed by atoms with van der Waals surface area (Å²) >= 11 is 1.63. The fourth-order valence-electron chi connectivity index (χ4n) is 2.30. The van der Waals surface area contributed by atoms with Gasteiger partial charge in [0.25, 0.3) is 0 Å². The summed E-state index contributed by atoms with van der Waals surface area (Å²) in [6.45, 7) is 2.07. The Labute approximate surface area is 116 Å². The van der Waals surface area contributed by atoms with Crippen molar-refractivity contribution in [2.75, 3.05) is 16.8 Å². The van der Waals surface area contributed by atoms with Crippen molar-refractivity contribution >= 4 is 36.5 Å². The lowest BCUT2D eigenvalue weighted by atomic mass is 10.2. The third-order valence-corrected chi connectivity index (χ3v) is 6.09. The van der Waals surface area contributed by atoms with Gasteiger partial charge in [-0.15, -0.1) is 0 Å². The molecule has 1 saturated heterocycles. The average molecular weight is 296 g/mol. The smallest absolute Gasteiger partial charge is 0.184 e. The van der Waals surface area contributed by atoms with Crippen LogP contribution in [0.3, 0.4) is 0 Å². The van der Waals surface area contributed by atoms with Gasteiger partial charge in [0.1, 0.15) is 9.84 Å². The highest BCUT2D eigenvalue weighted by Crippen LogP contribution is 2.28. The molecule has 0 radical (unpaired) electrons. The third-order valence-electron chi connectivity index (χ3n) is 3.43. The van der Waals surface area contributed by atoms with Crippen molar-refractivity contribution in [3.63, 3.8) is 0 Å². The van der Waals surface area contributed by atoms with Crippen LogP contribution in [0.15, 0.2) is 18.2 Å². The van der Waals surface area contributed by atoms with E-state index >= 15 is 0 Å². The predicted molar refractivity (Wildman–Crippen MR) is 79.7 cm³/mol. The van der Waals surface area contributed by atoms with Crippen LogP contribution in [-0.2, 0) is 9.84 Å². The first-order valence-electron chi connectivity index (χ1n) is 6.36. The Morgan fingerprint density at radius 2 is 2.05 bits per heavy atom. The Morgan fingerprint density at radius 1 is 1.32 bits per heavy atom. The molecule has 0 atom stereocenters. The first-order chi connectivity index (χ1) is 9.02. The second-order valence-corrected chi connectivity index (χ2v) is 8.39. The van der Waals surface area contributed by atoms with E-state index < -0.39 is 9.84 Å². The highest BCUT2D eigenvalue weighted by molar-refractivity contribution is 7.91. The van der Waals surface area contributed by atoms with E-state index in [4.69, 9.17) is 0 Å².